The molecule has 104 valence electrons. The number of amides is 2. The van der Waals surface area contributed by atoms with Crippen LogP contribution in [0.4, 0.5) is 0 Å². The maximum Gasteiger partial charge on any atom is 0.251 e. The number of rotatable bonds is 6. The minimum absolute atomic E-state index is 0.0155. The van der Waals surface area contributed by atoms with E-state index in [-0.39, 0.29) is 18.4 Å². The van der Waals surface area contributed by atoms with Crippen LogP contribution in [0.1, 0.15) is 30.1 Å². The Morgan fingerprint density at radius 2 is 1.89 bits per heavy atom. The summed E-state index contributed by atoms with van der Waals surface area (Å²) in [4.78, 5) is 25.1. The summed E-state index contributed by atoms with van der Waals surface area (Å²) in [6.07, 6.45) is 2.00. The van der Waals surface area contributed by atoms with E-state index in [4.69, 9.17) is 11.6 Å². The third-order valence-corrected chi connectivity index (χ3v) is 3.03. The summed E-state index contributed by atoms with van der Waals surface area (Å²) < 4.78 is 0. The number of hydrogen-bond acceptors (Lipinski definition) is 2. The Balaban J connectivity index is 2.41. The highest BCUT2D eigenvalue weighted by Crippen LogP contribution is 2.09. The average molecular weight is 283 g/mol. The lowest BCUT2D eigenvalue weighted by Gasteiger charge is -2.16. The standard InChI is InChI=1S/C14H19ClN2O2/c1-3-4-9-17(2)13(18)10-16-14(19)11-5-7-12(15)8-6-11/h5-8H,3-4,9-10H2,1-2H3,(H,16,19). The molecule has 0 saturated heterocycles. The summed E-state index contributed by atoms with van der Waals surface area (Å²) in [6, 6.07) is 6.54. The predicted molar refractivity (Wildman–Crippen MR) is 76.3 cm³/mol. The summed E-state index contributed by atoms with van der Waals surface area (Å²) >= 11 is 5.74. The Kier molecular flexibility index (Phi) is 6.36. The second-order valence-corrected chi connectivity index (χ2v) is 4.79. The number of halogens is 1. The zero-order valence-electron chi connectivity index (χ0n) is 11.3. The zero-order chi connectivity index (χ0) is 14.3. The molecule has 0 aliphatic heterocycles. The van der Waals surface area contributed by atoms with E-state index in [0.29, 0.717) is 17.1 Å². The highest BCUT2D eigenvalue weighted by molar-refractivity contribution is 6.30. The van der Waals surface area contributed by atoms with Crippen LogP contribution in [0.2, 0.25) is 5.02 Å². The molecule has 0 fully saturated rings. The molecule has 0 atom stereocenters. The lowest BCUT2D eigenvalue weighted by molar-refractivity contribution is -0.128. The molecule has 0 bridgehead atoms. The molecule has 0 spiro atoms. The molecule has 2 amide bonds. The fourth-order valence-corrected chi connectivity index (χ4v) is 1.64. The first-order valence-electron chi connectivity index (χ1n) is 6.32. The fourth-order valence-electron chi connectivity index (χ4n) is 1.51. The molecule has 5 heteroatoms. The fraction of sp³-hybridized carbons (Fsp3) is 0.429. The average Bonchev–Trinajstić information content (AvgIpc) is 2.42. The van der Waals surface area contributed by atoms with Gasteiger partial charge < -0.3 is 10.2 Å². The van der Waals surface area contributed by atoms with Crippen LogP contribution in [0.3, 0.4) is 0 Å². The van der Waals surface area contributed by atoms with Crippen molar-refractivity contribution >= 4 is 23.4 Å². The van der Waals surface area contributed by atoms with Crippen molar-refractivity contribution in [1.29, 1.82) is 0 Å². The van der Waals surface area contributed by atoms with Gasteiger partial charge in [-0.2, -0.15) is 0 Å². The van der Waals surface area contributed by atoms with Gasteiger partial charge in [0.15, 0.2) is 0 Å². The molecule has 0 radical (unpaired) electrons. The number of carbonyl (C=O) groups is 2. The van der Waals surface area contributed by atoms with Crippen LogP contribution in [-0.4, -0.2) is 36.9 Å². The summed E-state index contributed by atoms with van der Waals surface area (Å²) in [5, 5.41) is 3.18. The molecule has 1 rings (SSSR count). The van der Waals surface area contributed by atoms with Gasteiger partial charge in [0.25, 0.3) is 5.91 Å². The number of carbonyl (C=O) groups excluding carboxylic acids is 2. The molecule has 0 aromatic heterocycles. The number of nitrogens with one attached hydrogen (secondary N) is 1. The van der Waals surface area contributed by atoms with E-state index < -0.39 is 0 Å². The number of benzene rings is 1. The largest absolute Gasteiger partial charge is 0.344 e. The Hall–Kier alpha value is -1.55. The highest BCUT2D eigenvalue weighted by Gasteiger charge is 2.11. The summed E-state index contributed by atoms with van der Waals surface area (Å²) in [5.74, 6) is -0.357. The van der Waals surface area contributed by atoms with Gasteiger partial charge in [0, 0.05) is 24.2 Å². The van der Waals surface area contributed by atoms with Gasteiger partial charge >= 0.3 is 0 Å². The molecule has 19 heavy (non-hydrogen) atoms. The second kappa shape index (κ2) is 7.79. The minimum Gasteiger partial charge on any atom is -0.344 e. The predicted octanol–water partition coefficient (Wildman–Crippen LogP) is 2.33. The SMILES string of the molecule is CCCCN(C)C(=O)CNC(=O)c1ccc(Cl)cc1. The Labute approximate surface area is 118 Å². The van der Waals surface area contributed by atoms with Crippen LogP contribution in [0.5, 0.6) is 0 Å². The van der Waals surface area contributed by atoms with Gasteiger partial charge in [-0.25, -0.2) is 0 Å². The van der Waals surface area contributed by atoms with Crippen LogP contribution in [0, 0.1) is 0 Å². The molecule has 0 unspecified atom stereocenters. The molecule has 0 aliphatic rings. The third-order valence-electron chi connectivity index (χ3n) is 2.78. The number of unbranched alkanes of at least 4 members (excludes halogenated alkanes) is 1. The Morgan fingerprint density at radius 1 is 1.26 bits per heavy atom. The monoisotopic (exact) mass is 282 g/mol. The van der Waals surface area contributed by atoms with Gasteiger partial charge in [0.1, 0.15) is 0 Å². The van der Waals surface area contributed by atoms with Crippen molar-refractivity contribution in [1.82, 2.24) is 10.2 Å². The van der Waals surface area contributed by atoms with Gasteiger partial charge in [-0.05, 0) is 30.7 Å². The molecule has 1 aromatic carbocycles. The van der Waals surface area contributed by atoms with Crippen molar-refractivity contribution in [2.45, 2.75) is 19.8 Å². The zero-order valence-corrected chi connectivity index (χ0v) is 12.0. The van der Waals surface area contributed by atoms with Crippen LogP contribution in [0.25, 0.3) is 0 Å². The molecule has 0 heterocycles. The van der Waals surface area contributed by atoms with Gasteiger partial charge in [-0.3, -0.25) is 9.59 Å². The quantitative estimate of drug-likeness (QED) is 0.870. The molecular weight excluding hydrogens is 264 g/mol. The van der Waals surface area contributed by atoms with Crippen molar-refractivity contribution in [3.05, 3.63) is 34.9 Å². The maximum atomic E-state index is 11.8. The van der Waals surface area contributed by atoms with Crippen LogP contribution in [-0.2, 0) is 4.79 Å². The molecular formula is C14H19ClN2O2. The van der Waals surface area contributed by atoms with Crippen molar-refractivity contribution < 1.29 is 9.59 Å². The van der Waals surface area contributed by atoms with Crippen molar-refractivity contribution in [2.24, 2.45) is 0 Å². The molecule has 1 N–H and O–H groups in total. The highest BCUT2D eigenvalue weighted by atomic mass is 35.5. The van der Waals surface area contributed by atoms with Crippen LogP contribution >= 0.6 is 11.6 Å². The summed E-state index contributed by atoms with van der Waals surface area (Å²) in [6.45, 7) is 2.80. The normalized spacial score (nSPS) is 10.1. The van der Waals surface area contributed by atoms with Crippen LogP contribution < -0.4 is 5.32 Å². The van der Waals surface area contributed by atoms with E-state index in [1.165, 1.54) is 0 Å². The van der Waals surface area contributed by atoms with Crippen molar-refractivity contribution in [3.63, 3.8) is 0 Å². The van der Waals surface area contributed by atoms with Crippen molar-refractivity contribution in [2.75, 3.05) is 20.1 Å². The van der Waals surface area contributed by atoms with Gasteiger partial charge in [0.2, 0.25) is 5.91 Å². The number of likely N-dealkylation sites (N-methyl/N-ethyl adjacent to an activating group) is 1. The Morgan fingerprint density at radius 3 is 2.47 bits per heavy atom. The van der Waals surface area contributed by atoms with Crippen molar-refractivity contribution in [3.8, 4) is 0 Å². The van der Waals surface area contributed by atoms with E-state index in [1.54, 1.807) is 36.2 Å². The molecule has 0 saturated carbocycles. The molecule has 4 nitrogen and oxygen atoms in total. The maximum absolute atomic E-state index is 11.8. The smallest absolute Gasteiger partial charge is 0.251 e. The molecule has 0 aliphatic carbocycles. The topological polar surface area (TPSA) is 49.4 Å². The van der Waals surface area contributed by atoms with E-state index >= 15 is 0 Å². The van der Waals surface area contributed by atoms with Gasteiger partial charge in [-0.15, -0.1) is 0 Å². The van der Waals surface area contributed by atoms with Crippen LogP contribution in [0.15, 0.2) is 24.3 Å². The second-order valence-electron chi connectivity index (χ2n) is 4.36. The number of nitrogens with zero attached hydrogens (tertiary/aromatic N) is 1. The van der Waals surface area contributed by atoms with Gasteiger partial charge in [-0.1, -0.05) is 24.9 Å². The third kappa shape index (κ3) is 5.30. The van der Waals surface area contributed by atoms with E-state index in [0.717, 1.165) is 12.8 Å². The summed E-state index contributed by atoms with van der Waals surface area (Å²) in [5.41, 5.74) is 0.494. The minimum atomic E-state index is -0.270. The van der Waals surface area contributed by atoms with Gasteiger partial charge in [0.05, 0.1) is 6.54 Å². The Bertz CT molecular complexity index is 432. The van der Waals surface area contributed by atoms with E-state index in [2.05, 4.69) is 12.2 Å². The first-order chi connectivity index (χ1) is 9.04. The van der Waals surface area contributed by atoms with E-state index in [1.807, 2.05) is 0 Å². The lowest BCUT2D eigenvalue weighted by Crippen LogP contribution is -2.38. The first kappa shape index (κ1) is 15.5. The first-order valence-corrected chi connectivity index (χ1v) is 6.70. The molecule has 1 aromatic rings. The lowest BCUT2D eigenvalue weighted by atomic mass is 10.2. The summed E-state index contributed by atoms with van der Waals surface area (Å²) in [7, 11) is 1.74. The number of hydrogen-bond donors (Lipinski definition) is 1. The van der Waals surface area contributed by atoms with E-state index in [9.17, 15) is 9.59 Å².